The number of nitrogens with one attached hydrogen (secondary N) is 1. The van der Waals surface area contributed by atoms with Crippen LogP contribution in [0.1, 0.15) is 239 Å². The lowest BCUT2D eigenvalue weighted by atomic mass is 9.99. The highest BCUT2D eigenvalue weighted by Crippen LogP contribution is 2.26. The Morgan fingerprint density at radius 1 is 0.527 bits per heavy atom. The van der Waals surface area contributed by atoms with Crippen molar-refractivity contribution in [2.75, 3.05) is 13.2 Å². The van der Waals surface area contributed by atoms with E-state index in [2.05, 4.69) is 86.8 Å². The molecule has 0 bridgehead atoms. The number of hydrogen-bond donors (Lipinski definition) is 6. The first-order valence-electron chi connectivity index (χ1n) is 29.9. The molecule has 0 saturated carbocycles. The van der Waals surface area contributed by atoms with Crippen molar-refractivity contribution in [2.24, 2.45) is 0 Å². The number of amides is 1. The Bertz CT molecular complexity index is 1520. The van der Waals surface area contributed by atoms with E-state index in [-0.39, 0.29) is 19.4 Å². The highest BCUT2D eigenvalue weighted by molar-refractivity contribution is 5.81. The van der Waals surface area contributed by atoms with Gasteiger partial charge >= 0.3 is 5.97 Å². The Labute approximate surface area is 451 Å². The van der Waals surface area contributed by atoms with Gasteiger partial charge in [0.2, 0.25) is 5.91 Å². The highest BCUT2D eigenvalue weighted by Gasteiger charge is 2.47. The molecule has 426 valence electrons. The lowest BCUT2D eigenvalue weighted by Crippen LogP contribution is -2.61. The SMILES string of the molecule is CCCCC/C=C\C/C=C\C/C=C\C/C=C\CCCCCCCC(=O)OC1C(OCC(NC(=O)C(O)C/C=C/C/C=C\CCCCCCCC)C(O)/C=C/CCCCCCCCCCCC)OC(CO)C(O)C1O. The van der Waals surface area contributed by atoms with Crippen LogP contribution in [0.2, 0.25) is 0 Å². The standard InChI is InChI=1S/C63H109NO10/c1-4-7-10-13-16-19-22-25-26-27-28-29-30-31-32-33-36-39-42-45-48-51-58(68)74-61-60(70)59(69)57(52-65)73-63(61)72-53-54(55(66)49-46-43-40-37-34-23-20-17-14-11-8-5-2)64-62(71)56(67)50-47-44-41-38-35-24-21-18-15-12-9-6-3/h16,19,25-26,28-29,31-32,35,38,44,46-47,49,54-57,59-61,63,65-67,69-70H,4-15,17-18,20-24,27,30,33-34,36-37,39-43,45,48,50-53H2,1-3H3,(H,64,71)/b19-16-,26-25-,29-28-,32-31-,38-35-,47-44+,49-46+. The minimum Gasteiger partial charge on any atom is -0.454 e. The molecule has 1 saturated heterocycles. The Balaban J connectivity index is 2.72. The molecule has 8 unspecified atom stereocenters. The van der Waals surface area contributed by atoms with Crippen LogP contribution >= 0.6 is 0 Å². The fourth-order valence-corrected chi connectivity index (χ4v) is 8.74. The number of hydrogen-bond acceptors (Lipinski definition) is 10. The maximum Gasteiger partial charge on any atom is 0.306 e. The topological polar surface area (TPSA) is 175 Å². The van der Waals surface area contributed by atoms with Crippen LogP contribution in [0.4, 0.5) is 0 Å². The van der Waals surface area contributed by atoms with Crippen LogP contribution in [-0.2, 0) is 23.8 Å². The van der Waals surface area contributed by atoms with Gasteiger partial charge in [0.25, 0.3) is 0 Å². The van der Waals surface area contributed by atoms with Crippen LogP contribution in [0.15, 0.2) is 85.1 Å². The molecule has 0 radical (unpaired) electrons. The number of allylic oxidation sites excluding steroid dienone is 12. The summed E-state index contributed by atoms with van der Waals surface area (Å²) in [4.78, 5) is 26.4. The lowest BCUT2D eigenvalue weighted by Gasteiger charge is -2.41. The van der Waals surface area contributed by atoms with Crippen LogP contribution in [-0.4, -0.2) is 99.6 Å². The third kappa shape index (κ3) is 38.4. The van der Waals surface area contributed by atoms with Gasteiger partial charge < -0.3 is 45.1 Å². The fraction of sp³-hybridized carbons (Fsp3) is 0.746. The van der Waals surface area contributed by atoms with E-state index in [9.17, 15) is 35.1 Å². The van der Waals surface area contributed by atoms with Gasteiger partial charge in [-0.1, -0.05) is 228 Å². The van der Waals surface area contributed by atoms with Gasteiger partial charge in [0.05, 0.1) is 25.4 Å². The van der Waals surface area contributed by atoms with Crippen LogP contribution in [0, 0.1) is 0 Å². The maximum atomic E-state index is 13.3. The largest absolute Gasteiger partial charge is 0.454 e. The van der Waals surface area contributed by atoms with Crippen molar-refractivity contribution >= 4 is 11.9 Å². The summed E-state index contributed by atoms with van der Waals surface area (Å²) in [7, 11) is 0. The average Bonchev–Trinajstić information content (AvgIpc) is 3.40. The Kier molecular flexibility index (Phi) is 47.1. The van der Waals surface area contributed by atoms with Gasteiger partial charge in [-0.2, -0.15) is 0 Å². The zero-order valence-corrected chi connectivity index (χ0v) is 46.9. The Morgan fingerprint density at radius 3 is 1.42 bits per heavy atom. The molecular formula is C63H109NO10. The van der Waals surface area contributed by atoms with Crippen LogP contribution in [0.3, 0.4) is 0 Å². The van der Waals surface area contributed by atoms with Gasteiger partial charge in [0.15, 0.2) is 12.4 Å². The molecule has 0 aromatic heterocycles. The molecule has 1 fully saturated rings. The summed E-state index contributed by atoms with van der Waals surface area (Å²) in [6.45, 7) is 5.68. The molecule has 0 spiro atoms. The van der Waals surface area contributed by atoms with Crippen molar-refractivity contribution in [1.82, 2.24) is 5.32 Å². The van der Waals surface area contributed by atoms with Crippen molar-refractivity contribution in [3.63, 3.8) is 0 Å². The second kappa shape index (κ2) is 50.6. The molecule has 8 atom stereocenters. The summed E-state index contributed by atoms with van der Waals surface area (Å²) < 4.78 is 17.5. The second-order valence-electron chi connectivity index (χ2n) is 20.4. The minimum atomic E-state index is -1.63. The van der Waals surface area contributed by atoms with E-state index in [1.165, 1.54) is 109 Å². The van der Waals surface area contributed by atoms with Gasteiger partial charge in [0.1, 0.15) is 24.4 Å². The van der Waals surface area contributed by atoms with Gasteiger partial charge in [-0.05, 0) is 83.5 Å². The number of unbranched alkanes of at least 4 members (excludes halogenated alkanes) is 24. The van der Waals surface area contributed by atoms with Crippen molar-refractivity contribution in [1.29, 1.82) is 0 Å². The van der Waals surface area contributed by atoms with E-state index >= 15 is 0 Å². The summed E-state index contributed by atoms with van der Waals surface area (Å²) in [5.41, 5.74) is 0. The summed E-state index contributed by atoms with van der Waals surface area (Å²) in [6.07, 6.45) is 55.0. The normalized spacial score (nSPS) is 19.9. The van der Waals surface area contributed by atoms with Crippen molar-refractivity contribution < 1.29 is 49.3 Å². The number of esters is 1. The van der Waals surface area contributed by atoms with Crippen molar-refractivity contribution in [3.8, 4) is 0 Å². The first-order valence-corrected chi connectivity index (χ1v) is 29.9. The predicted octanol–water partition coefficient (Wildman–Crippen LogP) is 13.8. The zero-order chi connectivity index (χ0) is 54.0. The third-order valence-electron chi connectivity index (χ3n) is 13.5. The lowest BCUT2D eigenvalue weighted by molar-refractivity contribution is -0.305. The van der Waals surface area contributed by atoms with Crippen molar-refractivity contribution in [3.05, 3.63) is 85.1 Å². The number of rotatable bonds is 49. The maximum absolute atomic E-state index is 13.3. The first kappa shape index (κ1) is 68.9. The van der Waals surface area contributed by atoms with Crippen LogP contribution < -0.4 is 5.32 Å². The van der Waals surface area contributed by atoms with E-state index in [0.717, 1.165) is 83.5 Å². The van der Waals surface area contributed by atoms with Gasteiger partial charge in [-0.25, -0.2) is 0 Å². The highest BCUT2D eigenvalue weighted by atomic mass is 16.7. The molecule has 6 N–H and O–H groups in total. The second-order valence-corrected chi connectivity index (χ2v) is 20.4. The van der Waals surface area contributed by atoms with E-state index < -0.39 is 67.4 Å². The Morgan fingerprint density at radius 2 is 0.932 bits per heavy atom. The van der Waals surface area contributed by atoms with Crippen LogP contribution in [0.25, 0.3) is 0 Å². The molecule has 1 rings (SSSR count). The number of aliphatic hydroxyl groups excluding tert-OH is 5. The van der Waals surface area contributed by atoms with Crippen molar-refractivity contribution in [2.45, 2.75) is 288 Å². The minimum absolute atomic E-state index is 0.0769. The summed E-state index contributed by atoms with van der Waals surface area (Å²) in [6, 6.07) is -1.06. The average molecular weight is 1040 g/mol. The van der Waals surface area contributed by atoms with Gasteiger partial charge in [-0.15, -0.1) is 0 Å². The molecule has 1 aliphatic rings. The van der Waals surface area contributed by atoms with Crippen LogP contribution in [0.5, 0.6) is 0 Å². The summed E-state index contributed by atoms with van der Waals surface area (Å²) in [5.74, 6) is -1.29. The Hall–Kier alpha value is -3.16. The molecular weight excluding hydrogens is 931 g/mol. The quantitative estimate of drug-likeness (QED) is 0.0195. The number of carbonyl (C=O) groups excluding carboxylic acids is 2. The monoisotopic (exact) mass is 1040 g/mol. The fourth-order valence-electron chi connectivity index (χ4n) is 8.74. The number of carbonyl (C=O) groups is 2. The predicted molar refractivity (Wildman–Crippen MR) is 306 cm³/mol. The molecule has 1 aliphatic heterocycles. The summed E-state index contributed by atoms with van der Waals surface area (Å²) >= 11 is 0. The summed E-state index contributed by atoms with van der Waals surface area (Å²) in [5, 5.41) is 56.7. The van der Waals surface area contributed by atoms with E-state index in [1.54, 1.807) is 12.2 Å². The smallest absolute Gasteiger partial charge is 0.306 e. The molecule has 1 heterocycles. The number of ether oxygens (including phenoxy) is 3. The molecule has 11 heteroatoms. The van der Waals surface area contributed by atoms with E-state index in [4.69, 9.17) is 14.2 Å². The first-order chi connectivity index (χ1) is 36.2. The van der Waals surface area contributed by atoms with E-state index in [1.807, 2.05) is 12.2 Å². The van der Waals surface area contributed by atoms with Gasteiger partial charge in [-0.3, -0.25) is 9.59 Å². The third-order valence-corrected chi connectivity index (χ3v) is 13.5. The molecule has 1 amide bonds. The molecule has 0 aromatic carbocycles. The van der Waals surface area contributed by atoms with Gasteiger partial charge in [0, 0.05) is 12.8 Å². The molecule has 0 aromatic rings. The molecule has 0 aliphatic carbocycles. The number of aliphatic hydroxyl groups is 5. The molecule has 11 nitrogen and oxygen atoms in total. The van der Waals surface area contributed by atoms with E-state index in [0.29, 0.717) is 12.8 Å². The zero-order valence-electron chi connectivity index (χ0n) is 46.9. The molecule has 74 heavy (non-hydrogen) atoms.